The minimum Gasteiger partial charge on any atom is -0.343 e. The predicted octanol–water partition coefficient (Wildman–Crippen LogP) is 1.62. The van der Waals surface area contributed by atoms with Crippen molar-refractivity contribution in [3.05, 3.63) is 0 Å². The van der Waals surface area contributed by atoms with Crippen LogP contribution in [0.5, 0.6) is 0 Å². The predicted molar refractivity (Wildman–Crippen MR) is 69.8 cm³/mol. The zero-order chi connectivity index (χ0) is 13.4. The largest absolute Gasteiger partial charge is 0.343 e. The fourth-order valence-electron chi connectivity index (χ4n) is 3.11. The summed E-state index contributed by atoms with van der Waals surface area (Å²) in [6.07, 6.45) is 6.02. The molecule has 2 saturated carbocycles. The van der Waals surface area contributed by atoms with E-state index in [2.05, 4.69) is 25.1 Å². The van der Waals surface area contributed by atoms with Gasteiger partial charge < -0.3 is 9.80 Å². The summed E-state index contributed by atoms with van der Waals surface area (Å²) in [5.74, 6) is 0.0318. The quantitative estimate of drug-likeness (QED) is 0.760. The zero-order valence-electron chi connectivity index (χ0n) is 11.7. The minimum absolute atomic E-state index is 0.0318. The SMILES string of the molecule is CN(CC1(N(C)C)CCC1)C(=O)C1(C#N)CCC1. The molecule has 100 valence electrons. The highest BCUT2D eigenvalue weighted by Crippen LogP contribution is 2.43. The lowest BCUT2D eigenvalue weighted by atomic mass is 9.68. The van der Waals surface area contributed by atoms with Crippen LogP contribution in [0.25, 0.3) is 0 Å². The third kappa shape index (κ3) is 1.91. The van der Waals surface area contributed by atoms with Crippen molar-refractivity contribution in [1.29, 1.82) is 5.26 Å². The second kappa shape index (κ2) is 4.55. The van der Waals surface area contributed by atoms with Crippen molar-refractivity contribution in [2.24, 2.45) is 5.41 Å². The molecule has 0 unspecified atom stereocenters. The van der Waals surface area contributed by atoms with Gasteiger partial charge in [0.2, 0.25) is 5.91 Å². The van der Waals surface area contributed by atoms with Gasteiger partial charge in [-0.2, -0.15) is 5.26 Å². The van der Waals surface area contributed by atoms with E-state index < -0.39 is 5.41 Å². The number of amides is 1. The van der Waals surface area contributed by atoms with Crippen LogP contribution in [0.3, 0.4) is 0 Å². The smallest absolute Gasteiger partial charge is 0.242 e. The number of hydrogen-bond acceptors (Lipinski definition) is 3. The lowest BCUT2D eigenvalue weighted by Gasteiger charge is -2.50. The molecule has 0 atom stereocenters. The van der Waals surface area contributed by atoms with E-state index in [0.717, 1.165) is 38.6 Å². The van der Waals surface area contributed by atoms with Gasteiger partial charge in [-0.15, -0.1) is 0 Å². The van der Waals surface area contributed by atoms with Gasteiger partial charge in [0.25, 0.3) is 0 Å². The summed E-state index contributed by atoms with van der Waals surface area (Å²) in [4.78, 5) is 16.4. The van der Waals surface area contributed by atoms with E-state index in [4.69, 9.17) is 0 Å². The van der Waals surface area contributed by atoms with Gasteiger partial charge in [0.15, 0.2) is 0 Å². The molecule has 4 heteroatoms. The molecule has 0 spiro atoms. The summed E-state index contributed by atoms with van der Waals surface area (Å²) < 4.78 is 0. The maximum absolute atomic E-state index is 12.4. The van der Waals surface area contributed by atoms with Crippen LogP contribution in [0.1, 0.15) is 38.5 Å². The summed E-state index contributed by atoms with van der Waals surface area (Å²) in [6.45, 7) is 0.752. The van der Waals surface area contributed by atoms with Crippen molar-refractivity contribution in [2.45, 2.75) is 44.1 Å². The lowest BCUT2D eigenvalue weighted by molar-refractivity contribution is -0.144. The Balaban J connectivity index is 2.02. The second-order valence-corrected chi connectivity index (χ2v) is 6.18. The van der Waals surface area contributed by atoms with E-state index in [9.17, 15) is 10.1 Å². The molecule has 0 radical (unpaired) electrons. The van der Waals surface area contributed by atoms with Crippen LogP contribution >= 0.6 is 0 Å². The summed E-state index contributed by atoms with van der Waals surface area (Å²) >= 11 is 0. The van der Waals surface area contributed by atoms with Crippen molar-refractivity contribution >= 4 is 5.91 Å². The third-order valence-corrected chi connectivity index (χ3v) is 4.94. The molecule has 0 aromatic rings. The normalized spacial score (nSPS) is 23.7. The molecule has 18 heavy (non-hydrogen) atoms. The lowest BCUT2D eigenvalue weighted by Crippen LogP contribution is -2.59. The molecule has 0 heterocycles. The number of carbonyl (C=O) groups excluding carboxylic acids is 1. The summed E-state index contributed by atoms with van der Waals surface area (Å²) in [7, 11) is 6.02. The first-order valence-electron chi connectivity index (χ1n) is 6.80. The Morgan fingerprint density at radius 2 is 1.72 bits per heavy atom. The van der Waals surface area contributed by atoms with Gasteiger partial charge in [0, 0.05) is 19.1 Å². The van der Waals surface area contributed by atoms with E-state index in [1.165, 1.54) is 6.42 Å². The van der Waals surface area contributed by atoms with Crippen molar-refractivity contribution in [1.82, 2.24) is 9.80 Å². The molecule has 0 aromatic heterocycles. The van der Waals surface area contributed by atoms with Crippen LogP contribution < -0.4 is 0 Å². The standard InChI is InChI=1S/C14H23N3O/c1-16(2)14(8-5-9-14)11-17(3)12(18)13(10-15)6-4-7-13/h4-9,11H2,1-3H3. The fraction of sp³-hybridized carbons (Fsp3) is 0.857. The van der Waals surface area contributed by atoms with Gasteiger partial charge >= 0.3 is 0 Å². The van der Waals surface area contributed by atoms with Crippen LogP contribution in [0.4, 0.5) is 0 Å². The van der Waals surface area contributed by atoms with Crippen LogP contribution in [-0.2, 0) is 4.79 Å². The van der Waals surface area contributed by atoms with Gasteiger partial charge in [-0.05, 0) is 52.6 Å². The van der Waals surface area contributed by atoms with Crippen LogP contribution in [0, 0.1) is 16.7 Å². The Morgan fingerprint density at radius 3 is 2.00 bits per heavy atom. The van der Waals surface area contributed by atoms with Gasteiger partial charge in [-0.1, -0.05) is 0 Å². The van der Waals surface area contributed by atoms with E-state index in [1.807, 2.05) is 7.05 Å². The molecule has 2 aliphatic rings. The maximum Gasteiger partial charge on any atom is 0.242 e. The van der Waals surface area contributed by atoms with E-state index in [-0.39, 0.29) is 11.4 Å². The highest BCUT2D eigenvalue weighted by Gasteiger charge is 2.48. The topological polar surface area (TPSA) is 47.3 Å². The Morgan fingerprint density at radius 1 is 1.17 bits per heavy atom. The van der Waals surface area contributed by atoms with Gasteiger partial charge in [0.1, 0.15) is 5.41 Å². The third-order valence-electron chi connectivity index (χ3n) is 4.94. The van der Waals surface area contributed by atoms with Crippen molar-refractivity contribution in [3.63, 3.8) is 0 Å². The number of rotatable bonds is 4. The van der Waals surface area contributed by atoms with Gasteiger partial charge in [0.05, 0.1) is 6.07 Å². The first-order chi connectivity index (χ1) is 8.46. The minimum atomic E-state index is -0.702. The molecule has 0 saturated heterocycles. The van der Waals surface area contributed by atoms with Crippen LogP contribution in [-0.4, -0.2) is 48.9 Å². The first-order valence-corrected chi connectivity index (χ1v) is 6.80. The highest BCUT2D eigenvalue weighted by molar-refractivity contribution is 5.86. The summed E-state index contributed by atoms with van der Waals surface area (Å²) in [5, 5.41) is 9.23. The van der Waals surface area contributed by atoms with Crippen LogP contribution in [0.15, 0.2) is 0 Å². The van der Waals surface area contributed by atoms with E-state index >= 15 is 0 Å². The monoisotopic (exact) mass is 249 g/mol. The second-order valence-electron chi connectivity index (χ2n) is 6.18. The first kappa shape index (κ1) is 13.4. The van der Waals surface area contributed by atoms with Crippen molar-refractivity contribution < 1.29 is 4.79 Å². The highest BCUT2D eigenvalue weighted by atomic mass is 16.2. The average Bonchev–Trinajstić information content (AvgIpc) is 2.21. The van der Waals surface area contributed by atoms with Gasteiger partial charge in [-0.25, -0.2) is 0 Å². The molecule has 0 bridgehead atoms. The van der Waals surface area contributed by atoms with E-state index in [1.54, 1.807) is 4.90 Å². The molecule has 2 rings (SSSR count). The Labute approximate surface area is 110 Å². The molecular formula is C14H23N3O. The average molecular weight is 249 g/mol. The van der Waals surface area contributed by atoms with Crippen molar-refractivity contribution in [2.75, 3.05) is 27.7 Å². The number of hydrogen-bond donors (Lipinski definition) is 0. The molecule has 0 aliphatic heterocycles. The van der Waals surface area contributed by atoms with Gasteiger partial charge in [-0.3, -0.25) is 4.79 Å². The molecule has 2 aliphatic carbocycles. The molecule has 0 N–H and O–H groups in total. The summed E-state index contributed by atoms with van der Waals surface area (Å²) in [5.41, 5.74) is -0.559. The Hall–Kier alpha value is -1.08. The fourth-order valence-corrected chi connectivity index (χ4v) is 3.11. The molecule has 0 aromatic carbocycles. The summed E-state index contributed by atoms with van der Waals surface area (Å²) in [6, 6.07) is 2.24. The van der Waals surface area contributed by atoms with Crippen LogP contribution in [0.2, 0.25) is 0 Å². The zero-order valence-corrected chi connectivity index (χ0v) is 11.7. The van der Waals surface area contributed by atoms with Crippen molar-refractivity contribution in [3.8, 4) is 6.07 Å². The number of carbonyl (C=O) groups is 1. The molecule has 4 nitrogen and oxygen atoms in total. The number of nitriles is 1. The molecule has 2 fully saturated rings. The maximum atomic E-state index is 12.4. The Kier molecular flexibility index (Phi) is 3.37. The molecular weight excluding hydrogens is 226 g/mol. The number of nitrogens with zero attached hydrogens (tertiary/aromatic N) is 3. The Bertz CT molecular complexity index is 375. The van der Waals surface area contributed by atoms with E-state index in [0.29, 0.717) is 0 Å². The number of likely N-dealkylation sites (N-methyl/N-ethyl adjacent to an activating group) is 2. The molecule has 1 amide bonds.